The van der Waals surface area contributed by atoms with Gasteiger partial charge in [-0.05, 0) is 33.2 Å². The summed E-state index contributed by atoms with van der Waals surface area (Å²) in [5.74, 6) is 1.46. The molecule has 25 heavy (non-hydrogen) atoms. The topological polar surface area (TPSA) is 48.7 Å². The van der Waals surface area contributed by atoms with Crippen LogP contribution in [0.1, 0.15) is 44.5 Å². The van der Waals surface area contributed by atoms with Gasteiger partial charge in [-0.2, -0.15) is 9.61 Å². The van der Waals surface area contributed by atoms with Gasteiger partial charge in [0.05, 0.1) is 5.69 Å². The van der Waals surface area contributed by atoms with Crippen molar-refractivity contribution < 1.29 is 0 Å². The van der Waals surface area contributed by atoms with Gasteiger partial charge < -0.3 is 10.2 Å². The maximum Gasteiger partial charge on any atom is 0.157 e. The molecular formula is C19H32N6. The molecule has 1 fully saturated rings. The number of aryl methyl sites for hydroxylation is 1. The number of anilines is 1. The van der Waals surface area contributed by atoms with Gasteiger partial charge in [0.1, 0.15) is 5.82 Å². The van der Waals surface area contributed by atoms with Crippen molar-refractivity contribution >= 4 is 11.5 Å². The summed E-state index contributed by atoms with van der Waals surface area (Å²) >= 11 is 0. The number of nitrogens with one attached hydrogen (secondary N) is 1. The van der Waals surface area contributed by atoms with Crippen LogP contribution in [0.3, 0.4) is 0 Å². The molecule has 1 N–H and O–H groups in total. The molecule has 0 unspecified atom stereocenters. The molecular weight excluding hydrogens is 312 g/mol. The predicted molar refractivity (Wildman–Crippen MR) is 103 cm³/mol. The molecule has 6 nitrogen and oxygen atoms in total. The van der Waals surface area contributed by atoms with Gasteiger partial charge >= 0.3 is 0 Å². The average Bonchev–Trinajstić information content (AvgIpc) is 2.95. The second kappa shape index (κ2) is 7.70. The molecule has 2 aromatic heterocycles. The zero-order valence-corrected chi connectivity index (χ0v) is 16.3. The minimum absolute atomic E-state index is 0.407. The second-order valence-corrected chi connectivity index (χ2v) is 7.68. The van der Waals surface area contributed by atoms with E-state index in [-0.39, 0.29) is 0 Å². The fourth-order valence-electron chi connectivity index (χ4n) is 3.38. The number of likely N-dealkylation sites (N-methyl/N-ethyl adjacent to an activating group) is 1. The quantitative estimate of drug-likeness (QED) is 0.873. The third kappa shape index (κ3) is 4.30. The lowest BCUT2D eigenvalue weighted by Crippen LogP contribution is -2.48. The Labute approximate surface area is 151 Å². The summed E-state index contributed by atoms with van der Waals surface area (Å²) in [6.07, 6.45) is 1.13. The lowest BCUT2D eigenvalue weighted by Gasteiger charge is -2.36. The van der Waals surface area contributed by atoms with Crippen molar-refractivity contribution in [2.45, 2.75) is 46.1 Å². The highest BCUT2D eigenvalue weighted by Gasteiger charge is 2.19. The summed E-state index contributed by atoms with van der Waals surface area (Å²) in [6.45, 7) is 14.4. The Balaban J connectivity index is 1.64. The van der Waals surface area contributed by atoms with Gasteiger partial charge in [0.15, 0.2) is 5.65 Å². The standard InChI is InChI=1S/C19H32N6/c1-14(2)17-13-18(25-19(21-17)12-15(3)22-25)20-7-6-16(4)24-10-8-23(5)9-11-24/h12-14,16,20H,6-11H2,1-5H3/t16-/m1/s1. The van der Waals surface area contributed by atoms with Crippen LogP contribution in [0, 0.1) is 6.92 Å². The molecule has 3 heterocycles. The third-order valence-corrected chi connectivity index (χ3v) is 5.19. The first-order chi connectivity index (χ1) is 11.9. The second-order valence-electron chi connectivity index (χ2n) is 7.68. The summed E-state index contributed by atoms with van der Waals surface area (Å²) in [5, 5.41) is 8.18. The summed E-state index contributed by atoms with van der Waals surface area (Å²) in [6, 6.07) is 4.79. The summed E-state index contributed by atoms with van der Waals surface area (Å²) < 4.78 is 1.93. The number of hydrogen-bond donors (Lipinski definition) is 1. The average molecular weight is 345 g/mol. The summed E-state index contributed by atoms with van der Waals surface area (Å²) in [5.41, 5.74) is 3.04. The van der Waals surface area contributed by atoms with Crippen LogP contribution in [-0.4, -0.2) is 70.2 Å². The van der Waals surface area contributed by atoms with E-state index >= 15 is 0 Å². The Kier molecular flexibility index (Phi) is 5.59. The Morgan fingerprint density at radius 3 is 2.52 bits per heavy atom. The highest BCUT2D eigenvalue weighted by molar-refractivity contribution is 5.50. The van der Waals surface area contributed by atoms with Crippen LogP contribution in [0.2, 0.25) is 0 Å². The molecule has 0 saturated carbocycles. The maximum atomic E-state index is 4.73. The van der Waals surface area contributed by atoms with Gasteiger partial charge in [-0.3, -0.25) is 4.90 Å². The predicted octanol–water partition coefficient (Wildman–Crippen LogP) is 2.60. The van der Waals surface area contributed by atoms with Gasteiger partial charge in [0.25, 0.3) is 0 Å². The molecule has 0 aliphatic carbocycles. The number of rotatable bonds is 6. The van der Waals surface area contributed by atoms with E-state index < -0.39 is 0 Å². The largest absolute Gasteiger partial charge is 0.370 e. The monoisotopic (exact) mass is 344 g/mol. The van der Waals surface area contributed by atoms with Gasteiger partial charge in [0.2, 0.25) is 0 Å². The van der Waals surface area contributed by atoms with E-state index in [0.717, 1.165) is 35.8 Å². The Bertz CT molecular complexity index is 699. The van der Waals surface area contributed by atoms with Crippen molar-refractivity contribution in [3.05, 3.63) is 23.5 Å². The van der Waals surface area contributed by atoms with Crippen molar-refractivity contribution in [3.8, 4) is 0 Å². The van der Waals surface area contributed by atoms with Crippen LogP contribution in [0.15, 0.2) is 12.1 Å². The smallest absolute Gasteiger partial charge is 0.157 e. The van der Waals surface area contributed by atoms with E-state index in [1.807, 2.05) is 17.5 Å². The molecule has 0 aromatic carbocycles. The molecule has 0 bridgehead atoms. The van der Waals surface area contributed by atoms with E-state index in [0.29, 0.717) is 12.0 Å². The van der Waals surface area contributed by atoms with Crippen LogP contribution >= 0.6 is 0 Å². The fourth-order valence-corrected chi connectivity index (χ4v) is 3.38. The minimum atomic E-state index is 0.407. The highest BCUT2D eigenvalue weighted by Crippen LogP contribution is 2.20. The number of fused-ring (bicyclic) bond motifs is 1. The Morgan fingerprint density at radius 1 is 1.12 bits per heavy atom. The first-order valence-corrected chi connectivity index (χ1v) is 9.48. The fraction of sp³-hybridized carbons (Fsp3) is 0.684. The van der Waals surface area contributed by atoms with Gasteiger partial charge in [-0.15, -0.1) is 0 Å². The Hall–Kier alpha value is -1.66. The molecule has 3 rings (SSSR count). The van der Waals surface area contributed by atoms with E-state index in [1.54, 1.807) is 0 Å². The number of aromatic nitrogens is 3. The first-order valence-electron chi connectivity index (χ1n) is 9.48. The van der Waals surface area contributed by atoms with E-state index in [2.05, 4.69) is 54.1 Å². The molecule has 0 amide bonds. The van der Waals surface area contributed by atoms with Crippen LogP contribution in [0.4, 0.5) is 5.82 Å². The zero-order chi connectivity index (χ0) is 18.0. The molecule has 138 valence electrons. The van der Waals surface area contributed by atoms with E-state index in [1.165, 1.54) is 26.2 Å². The minimum Gasteiger partial charge on any atom is -0.370 e. The normalized spacial score (nSPS) is 18.2. The van der Waals surface area contributed by atoms with Crippen LogP contribution in [0.5, 0.6) is 0 Å². The van der Waals surface area contributed by atoms with Gasteiger partial charge in [-0.25, -0.2) is 4.98 Å². The first kappa shape index (κ1) is 18.1. The number of nitrogens with zero attached hydrogens (tertiary/aromatic N) is 5. The molecule has 1 saturated heterocycles. The van der Waals surface area contributed by atoms with Crippen molar-refractivity contribution in [2.75, 3.05) is 45.1 Å². The lowest BCUT2D eigenvalue weighted by atomic mass is 10.1. The summed E-state index contributed by atoms with van der Waals surface area (Å²) in [7, 11) is 2.20. The van der Waals surface area contributed by atoms with Gasteiger partial charge in [-0.1, -0.05) is 13.8 Å². The molecule has 1 aliphatic heterocycles. The molecule has 0 spiro atoms. The van der Waals surface area contributed by atoms with E-state index in [4.69, 9.17) is 4.98 Å². The third-order valence-electron chi connectivity index (χ3n) is 5.19. The lowest BCUT2D eigenvalue weighted by molar-refractivity contribution is 0.116. The number of hydrogen-bond acceptors (Lipinski definition) is 5. The summed E-state index contributed by atoms with van der Waals surface area (Å²) in [4.78, 5) is 9.73. The molecule has 1 atom stereocenters. The highest BCUT2D eigenvalue weighted by atomic mass is 15.3. The molecule has 2 aromatic rings. The van der Waals surface area contributed by atoms with E-state index in [9.17, 15) is 0 Å². The van der Waals surface area contributed by atoms with Crippen LogP contribution in [-0.2, 0) is 0 Å². The van der Waals surface area contributed by atoms with Crippen molar-refractivity contribution in [2.24, 2.45) is 0 Å². The zero-order valence-electron chi connectivity index (χ0n) is 16.3. The molecule has 1 aliphatic rings. The number of piperazine rings is 1. The molecule has 0 radical (unpaired) electrons. The molecule has 6 heteroatoms. The maximum absolute atomic E-state index is 4.73. The van der Waals surface area contributed by atoms with Crippen LogP contribution < -0.4 is 5.32 Å². The SMILES string of the molecule is Cc1cc2nc(C(C)C)cc(NCC[C@@H](C)N3CCN(C)CC3)n2n1. The van der Waals surface area contributed by atoms with Crippen LogP contribution in [0.25, 0.3) is 5.65 Å². The Morgan fingerprint density at radius 2 is 1.84 bits per heavy atom. The van der Waals surface area contributed by atoms with Crippen molar-refractivity contribution in [1.82, 2.24) is 24.4 Å². The van der Waals surface area contributed by atoms with Crippen molar-refractivity contribution in [1.29, 1.82) is 0 Å². The van der Waals surface area contributed by atoms with Crippen molar-refractivity contribution in [3.63, 3.8) is 0 Å². The van der Waals surface area contributed by atoms with Gasteiger partial charge in [0, 0.05) is 56.6 Å².